The van der Waals surface area contributed by atoms with E-state index in [-0.39, 0.29) is 11.8 Å². The quantitative estimate of drug-likeness (QED) is 0.793. The van der Waals surface area contributed by atoms with Crippen LogP contribution < -0.4 is 10.6 Å². The van der Waals surface area contributed by atoms with Gasteiger partial charge in [-0.1, -0.05) is 31.5 Å². The molecule has 120 valence electrons. The number of nitrogens with one attached hydrogen (secondary N) is 2. The molecule has 1 aliphatic rings. The first-order valence-electron chi connectivity index (χ1n) is 8.02. The van der Waals surface area contributed by atoms with Gasteiger partial charge in [-0.05, 0) is 50.7 Å². The normalized spacial score (nSPS) is 15.5. The van der Waals surface area contributed by atoms with E-state index in [0.717, 1.165) is 23.2 Å². The molecular weight excluding hydrogens is 276 g/mol. The molecule has 0 saturated heterocycles. The standard InChI is InChI=1S/C18H26N2O2/c1-12(2)7-10-19-16(21)18(8-9-18)17(22)20-15-6-5-13(3)11-14(15)4/h5-6,11-12H,7-10H2,1-4H3,(H,19,21)(H,20,22). The molecule has 0 aromatic heterocycles. The van der Waals surface area contributed by atoms with Crippen LogP contribution >= 0.6 is 0 Å². The number of aryl methyl sites for hydroxylation is 2. The summed E-state index contributed by atoms with van der Waals surface area (Å²) in [7, 11) is 0. The van der Waals surface area contributed by atoms with E-state index >= 15 is 0 Å². The van der Waals surface area contributed by atoms with Crippen molar-refractivity contribution in [3.63, 3.8) is 0 Å². The maximum absolute atomic E-state index is 12.5. The topological polar surface area (TPSA) is 58.2 Å². The van der Waals surface area contributed by atoms with E-state index in [1.807, 2.05) is 32.0 Å². The van der Waals surface area contributed by atoms with Crippen LogP contribution in [0.3, 0.4) is 0 Å². The molecule has 0 aliphatic heterocycles. The third kappa shape index (κ3) is 3.67. The van der Waals surface area contributed by atoms with Crippen LogP contribution in [-0.2, 0) is 9.59 Å². The van der Waals surface area contributed by atoms with Gasteiger partial charge in [-0.25, -0.2) is 0 Å². The van der Waals surface area contributed by atoms with Crippen LogP contribution in [0.2, 0.25) is 0 Å². The van der Waals surface area contributed by atoms with Gasteiger partial charge in [0.15, 0.2) is 0 Å². The Balaban J connectivity index is 1.97. The Morgan fingerprint density at radius 1 is 1.18 bits per heavy atom. The molecule has 1 fully saturated rings. The van der Waals surface area contributed by atoms with Crippen molar-refractivity contribution in [1.82, 2.24) is 5.32 Å². The molecule has 0 bridgehead atoms. The van der Waals surface area contributed by atoms with Crippen molar-refractivity contribution >= 4 is 17.5 Å². The summed E-state index contributed by atoms with van der Waals surface area (Å²) in [6.07, 6.45) is 2.20. The van der Waals surface area contributed by atoms with Gasteiger partial charge in [-0.3, -0.25) is 9.59 Å². The van der Waals surface area contributed by atoms with E-state index in [2.05, 4.69) is 24.5 Å². The molecule has 0 unspecified atom stereocenters. The van der Waals surface area contributed by atoms with Gasteiger partial charge in [0.1, 0.15) is 5.41 Å². The van der Waals surface area contributed by atoms with Gasteiger partial charge < -0.3 is 10.6 Å². The lowest BCUT2D eigenvalue weighted by atomic mass is 10.0. The van der Waals surface area contributed by atoms with Gasteiger partial charge in [0, 0.05) is 12.2 Å². The minimum absolute atomic E-state index is 0.129. The maximum atomic E-state index is 12.5. The average molecular weight is 302 g/mol. The van der Waals surface area contributed by atoms with Crippen molar-refractivity contribution in [2.75, 3.05) is 11.9 Å². The Labute approximate surface area is 132 Å². The average Bonchev–Trinajstić information content (AvgIpc) is 3.23. The van der Waals surface area contributed by atoms with Crippen molar-refractivity contribution in [3.8, 4) is 0 Å². The predicted molar refractivity (Wildman–Crippen MR) is 88.7 cm³/mol. The van der Waals surface area contributed by atoms with Gasteiger partial charge in [-0.15, -0.1) is 0 Å². The molecule has 0 radical (unpaired) electrons. The lowest BCUT2D eigenvalue weighted by molar-refractivity contribution is -0.134. The second-order valence-electron chi connectivity index (χ2n) is 6.79. The molecule has 1 aromatic carbocycles. The molecule has 2 amide bonds. The fourth-order valence-corrected chi connectivity index (χ4v) is 2.52. The van der Waals surface area contributed by atoms with Crippen molar-refractivity contribution in [2.24, 2.45) is 11.3 Å². The number of hydrogen-bond donors (Lipinski definition) is 2. The Morgan fingerprint density at radius 2 is 1.86 bits per heavy atom. The molecule has 4 nitrogen and oxygen atoms in total. The summed E-state index contributed by atoms with van der Waals surface area (Å²) in [5.41, 5.74) is 2.11. The highest BCUT2D eigenvalue weighted by atomic mass is 16.2. The lowest BCUT2D eigenvalue weighted by Gasteiger charge is -2.17. The van der Waals surface area contributed by atoms with Crippen LogP contribution in [0, 0.1) is 25.2 Å². The summed E-state index contributed by atoms with van der Waals surface area (Å²) in [4.78, 5) is 24.8. The molecular formula is C18H26N2O2. The van der Waals surface area contributed by atoms with Crippen LogP contribution in [0.5, 0.6) is 0 Å². The Kier molecular flexibility index (Phi) is 4.89. The first-order valence-corrected chi connectivity index (χ1v) is 8.02. The highest BCUT2D eigenvalue weighted by Crippen LogP contribution is 2.47. The number of benzene rings is 1. The summed E-state index contributed by atoms with van der Waals surface area (Å²) in [6, 6.07) is 5.89. The van der Waals surface area contributed by atoms with Crippen molar-refractivity contribution in [2.45, 2.75) is 47.0 Å². The molecule has 1 saturated carbocycles. The molecule has 0 heterocycles. The second-order valence-corrected chi connectivity index (χ2v) is 6.79. The molecule has 0 atom stereocenters. The predicted octanol–water partition coefficient (Wildman–Crippen LogP) is 3.18. The Hall–Kier alpha value is -1.84. The van der Waals surface area contributed by atoms with Crippen LogP contribution in [-0.4, -0.2) is 18.4 Å². The summed E-state index contributed by atoms with van der Waals surface area (Å²) < 4.78 is 0. The zero-order valence-electron chi connectivity index (χ0n) is 14.0. The van der Waals surface area contributed by atoms with E-state index in [1.165, 1.54) is 0 Å². The first-order chi connectivity index (χ1) is 10.3. The number of carbonyl (C=O) groups excluding carboxylic acids is 2. The fraction of sp³-hybridized carbons (Fsp3) is 0.556. The Morgan fingerprint density at radius 3 is 2.41 bits per heavy atom. The summed E-state index contributed by atoms with van der Waals surface area (Å²) in [5.74, 6) is 0.233. The third-order valence-electron chi connectivity index (χ3n) is 4.26. The minimum atomic E-state index is -0.853. The van der Waals surface area contributed by atoms with E-state index < -0.39 is 5.41 Å². The molecule has 1 aliphatic carbocycles. The fourth-order valence-electron chi connectivity index (χ4n) is 2.52. The van der Waals surface area contributed by atoms with Crippen LogP contribution in [0.1, 0.15) is 44.2 Å². The van der Waals surface area contributed by atoms with E-state index in [0.29, 0.717) is 25.3 Å². The van der Waals surface area contributed by atoms with E-state index in [9.17, 15) is 9.59 Å². The maximum Gasteiger partial charge on any atom is 0.240 e. The van der Waals surface area contributed by atoms with Crippen LogP contribution in [0.15, 0.2) is 18.2 Å². The molecule has 1 aromatic rings. The third-order valence-corrected chi connectivity index (χ3v) is 4.26. The van der Waals surface area contributed by atoms with E-state index in [4.69, 9.17) is 0 Å². The van der Waals surface area contributed by atoms with Gasteiger partial charge in [0.05, 0.1) is 0 Å². The van der Waals surface area contributed by atoms with Crippen LogP contribution in [0.4, 0.5) is 5.69 Å². The van der Waals surface area contributed by atoms with Gasteiger partial charge in [0.25, 0.3) is 0 Å². The first kappa shape index (κ1) is 16.5. The molecule has 22 heavy (non-hydrogen) atoms. The highest BCUT2D eigenvalue weighted by Gasteiger charge is 2.56. The van der Waals surface area contributed by atoms with E-state index in [1.54, 1.807) is 0 Å². The van der Waals surface area contributed by atoms with Crippen molar-refractivity contribution in [1.29, 1.82) is 0 Å². The molecule has 4 heteroatoms. The summed E-state index contributed by atoms with van der Waals surface area (Å²) in [6.45, 7) is 8.85. The SMILES string of the molecule is Cc1ccc(NC(=O)C2(C(=O)NCCC(C)C)CC2)c(C)c1. The Bertz CT molecular complexity index is 574. The zero-order chi connectivity index (χ0) is 16.3. The number of hydrogen-bond acceptors (Lipinski definition) is 2. The highest BCUT2D eigenvalue weighted by molar-refractivity contribution is 6.13. The number of amides is 2. The van der Waals surface area contributed by atoms with Gasteiger partial charge >= 0.3 is 0 Å². The molecule has 2 rings (SSSR count). The lowest BCUT2D eigenvalue weighted by Crippen LogP contribution is -2.40. The minimum Gasteiger partial charge on any atom is -0.355 e. The molecule has 0 spiro atoms. The number of rotatable bonds is 6. The summed E-state index contributed by atoms with van der Waals surface area (Å²) in [5, 5.41) is 5.83. The smallest absolute Gasteiger partial charge is 0.240 e. The largest absolute Gasteiger partial charge is 0.355 e. The van der Waals surface area contributed by atoms with Crippen molar-refractivity contribution < 1.29 is 9.59 Å². The second kappa shape index (κ2) is 6.51. The zero-order valence-corrected chi connectivity index (χ0v) is 14.0. The monoisotopic (exact) mass is 302 g/mol. The number of carbonyl (C=O) groups is 2. The van der Waals surface area contributed by atoms with Gasteiger partial charge in [0.2, 0.25) is 11.8 Å². The van der Waals surface area contributed by atoms with Crippen LogP contribution in [0.25, 0.3) is 0 Å². The molecule has 2 N–H and O–H groups in total. The summed E-state index contributed by atoms with van der Waals surface area (Å²) >= 11 is 0. The number of anilines is 1. The van der Waals surface area contributed by atoms with Crippen molar-refractivity contribution in [3.05, 3.63) is 29.3 Å². The van der Waals surface area contributed by atoms with Gasteiger partial charge in [-0.2, -0.15) is 0 Å².